The quantitative estimate of drug-likeness (QED) is 0.756. The molecule has 3 nitrogen and oxygen atoms in total. The minimum absolute atomic E-state index is 0.202. The fourth-order valence-corrected chi connectivity index (χ4v) is 2.35. The number of nitrogens with one attached hydrogen (secondary N) is 2. The van der Waals surface area contributed by atoms with Crippen molar-refractivity contribution in [3.05, 3.63) is 52.6 Å². The summed E-state index contributed by atoms with van der Waals surface area (Å²) in [6.07, 6.45) is 1.77. The molecule has 0 radical (unpaired) electrons. The molecule has 19 heavy (non-hydrogen) atoms. The van der Waals surface area contributed by atoms with Gasteiger partial charge >= 0.3 is 0 Å². The van der Waals surface area contributed by atoms with Gasteiger partial charge < -0.3 is 10.3 Å². The van der Waals surface area contributed by atoms with Crippen LogP contribution in [0.3, 0.4) is 0 Å². The predicted molar refractivity (Wildman–Crippen MR) is 73.2 cm³/mol. The highest BCUT2D eigenvalue weighted by Crippen LogP contribution is 2.33. The number of hydrogen-bond acceptors (Lipinski definition) is 1. The van der Waals surface area contributed by atoms with Gasteiger partial charge in [-0.2, -0.15) is 0 Å². The van der Waals surface area contributed by atoms with E-state index in [0.717, 1.165) is 17.0 Å². The van der Waals surface area contributed by atoms with Crippen molar-refractivity contribution in [2.24, 2.45) is 0 Å². The molecule has 2 aromatic rings. The lowest BCUT2D eigenvalue weighted by atomic mass is 10.1. The van der Waals surface area contributed by atoms with Crippen molar-refractivity contribution in [2.45, 2.75) is 13.8 Å². The van der Waals surface area contributed by atoms with Crippen LogP contribution in [0.4, 0.5) is 10.1 Å². The summed E-state index contributed by atoms with van der Waals surface area (Å²) in [4.78, 5) is 15.1. The first-order valence-corrected chi connectivity index (χ1v) is 6.04. The molecule has 4 heteroatoms. The van der Waals surface area contributed by atoms with Crippen LogP contribution in [0.1, 0.15) is 22.5 Å². The Morgan fingerprint density at radius 3 is 2.68 bits per heavy atom. The van der Waals surface area contributed by atoms with E-state index in [2.05, 4.69) is 10.3 Å². The Bertz CT molecular complexity index is 713. The van der Waals surface area contributed by atoms with E-state index < -0.39 is 0 Å². The van der Waals surface area contributed by atoms with Crippen molar-refractivity contribution < 1.29 is 9.18 Å². The molecule has 0 bridgehead atoms. The summed E-state index contributed by atoms with van der Waals surface area (Å²) in [7, 11) is 0. The van der Waals surface area contributed by atoms with E-state index >= 15 is 0 Å². The summed E-state index contributed by atoms with van der Waals surface area (Å²) in [5, 5.41) is 2.73. The Morgan fingerprint density at radius 2 is 2.00 bits per heavy atom. The van der Waals surface area contributed by atoms with E-state index in [9.17, 15) is 9.18 Å². The number of aromatic nitrogens is 1. The highest BCUT2D eigenvalue weighted by Gasteiger charge is 2.24. The molecule has 0 unspecified atom stereocenters. The van der Waals surface area contributed by atoms with Crippen LogP contribution in [0.2, 0.25) is 0 Å². The molecule has 0 atom stereocenters. The zero-order valence-corrected chi connectivity index (χ0v) is 10.7. The van der Waals surface area contributed by atoms with E-state index in [4.69, 9.17) is 0 Å². The number of fused-ring (bicyclic) bond motifs is 1. The summed E-state index contributed by atoms with van der Waals surface area (Å²) in [5.74, 6) is -0.548. The summed E-state index contributed by atoms with van der Waals surface area (Å²) >= 11 is 0. The maximum absolute atomic E-state index is 13.3. The molecular formula is C15H13FN2O. The predicted octanol–water partition coefficient (Wildman–Crippen LogP) is 3.26. The molecule has 2 N–H and O–H groups in total. The van der Waals surface area contributed by atoms with Gasteiger partial charge in [0.15, 0.2) is 0 Å². The second kappa shape index (κ2) is 4.09. The molecule has 1 aromatic carbocycles. The summed E-state index contributed by atoms with van der Waals surface area (Å²) in [6, 6.07) is 6.30. The third-order valence-electron chi connectivity index (χ3n) is 3.24. The number of hydrogen-bond donors (Lipinski definition) is 2. The largest absolute Gasteiger partial charge is 0.359 e. The molecule has 0 aliphatic carbocycles. The molecule has 0 fully saturated rings. The molecular weight excluding hydrogens is 243 g/mol. The van der Waals surface area contributed by atoms with Crippen LogP contribution in [-0.2, 0) is 4.79 Å². The molecule has 2 heterocycles. The van der Waals surface area contributed by atoms with Crippen LogP contribution < -0.4 is 5.32 Å². The van der Waals surface area contributed by atoms with E-state index in [-0.39, 0.29) is 11.7 Å². The van der Waals surface area contributed by atoms with Gasteiger partial charge in [0, 0.05) is 22.6 Å². The number of anilines is 1. The smallest absolute Gasteiger partial charge is 0.256 e. The number of carbonyl (C=O) groups excluding carboxylic acids is 1. The number of amides is 1. The lowest BCUT2D eigenvalue weighted by Gasteiger charge is -1.98. The minimum atomic E-state index is -0.347. The number of rotatable bonds is 1. The molecule has 0 saturated heterocycles. The molecule has 1 aliphatic rings. The van der Waals surface area contributed by atoms with Gasteiger partial charge in [-0.25, -0.2) is 4.39 Å². The van der Waals surface area contributed by atoms with Crippen molar-refractivity contribution in [1.82, 2.24) is 4.98 Å². The molecule has 3 rings (SSSR count). The highest BCUT2D eigenvalue weighted by molar-refractivity contribution is 6.34. The first-order chi connectivity index (χ1) is 9.04. The van der Waals surface area contributed by atoms with Gasteiger partial charge in [-0.1, -0.05) is 0 Å². The lowest BCUT2D eigenvalue weighted by Crippen LogP contribution is -2.03. The number of H-pyrrole nitrogens is 1. The third-order valence-corrected chi connectivity index (χ3v) is 3.24. The van der Waals surface area contributed by atoms with Gasteiger partial charge in [0.25, 0.3) is 5.91 Å². The first-order valence-electron chi connectivity index (χ1n) is 6.04. The highest BCUT2D eigenvalue weighted by atomic mass is 19.1. The fourth-order valence-electron chi connectivity index (χ4n) is 2.35. The zero-order chi connectivity index (χ0) is 13.6. The number of aromatic amines is 1. The molecule has 0 saturated carbocycles. The van der Waals surface area contributed by atoms with E-state index in [1.54, 1.807) is 12.1 Å². The van der Waals surface area contributed by atoms with Crippen LogP contribution in [-0.4, -0.2) is 10.9 Å². The molecule has 1 aromatic heterocycles. The Morgan fingerprint density at radius 1 is 1.21 bits per heavy atom. The van der Waals surface area contributed by atoms with Crippen LogP contribution in [0.5, 0.6) is 0 Å². The summed E-state index contributed by atoms with van der Waals surface area (Å²) in [5.41, 5.74) is 4.71. The summed E-state index contributed by atoms with van der Waals surface area (Å²) < 4.78 is 13.3. The van der Waals surface area contributed by atoms with Crippen molar-refractivity contribution in [2.75, 3.05) is 5.32 Å². The van der Waals surface area contributed by atoms with Crippen molar-refractivity contribution in [3.63, 3.8) is 0 Å². The SMILES string of the molecule is Cc1cc(C)c(C=C2C(=O)Nc3ccc(F)cc32)[nH]1. The standard InChI is InChI=1S/C15H13FN2O/c1-8-5-9(2)17-14(8)7-12-11-6-10(16)3-4-13(11)18-15(12)19/h3-7,17H,1-2H3,(H,18,19). The van der Waals surface area contributed by atoms with Gasteiger partial charge in [0.1, 0.15) is 5.82 Å². The van der Waals surface area contributed by atoms with Gasteiger partial charge in [-0.15, -0.1) is 0 Å². The van der Waals surface area contributed by atoms with Crippen molar-refractivity contribution in [1.29, 1.82) is 0 Å². The average molecular weight is 256 g/mol. The zero-order valence-electron chi connectivity index (χ0n) is 10.7. The number of carbonyl (C=O) groups is 1. The van der Waals surface area contributed by atoms with Crippen LogP contribution in [0.15, 0.2) is 24.3 Å². The van der Waals surface area contributed by atoms with Gasteiger partial charge in [-0.3, -0.25) is 4.79 Å². The van der Waals surface area contributed by atoms with Gasteiger partial charge in [-0.05, 0) is 49.8 Å². The number of benzene rings is 1. The Balaban J connectivity index is 2.14. The van der Waals surface area contributed by atoms with Crippen LogP contribution in [0.25, 0.3) is 11.6 Å². The summed E-state index contributed by atoms with van der Waals surface area (Å²) in [6.45, 7) is 3.92. The van der Waals surface area contributed by atoms with Crippen molar-refractivity contribution >= 4 is 23.2 Å². The second-order valence-electron chi connectivity index (χ2n) is 4.75. The molecule has 96 valence electrons. The van der Waals surface area contributed by atoms with E-state index in [1.165, 1.54) is 12.1 Å². The number of halogens is 1. The second-order valence-corrected chi connectivity index (χ2v) is 4.75. The first kappa shape index (κ1) is 11.7. The average Bonchev–Trinajstić information content (AvgIpc) is 2.81. The minimum Gasteiger partial charge on any atom is -0.359 e. The monoisotopic (exact) mass is 256 g/mol. The third kappa shape index (κ3) is 1.95. The maximum Gasteiger partial charge on any atom is 0.256 e. The molecule has 1 aliphatic heterocycles. The molecule has 0 spiro atoms. The van der Waals surface area contributed by atoms with Crippen molar-refractivity contribution in [3.8, 4) is 0 Å². The normalized spacial score (nSPS) is 15.7. The Labute approximate surface area is 110 Å². The van der Waals surface area contributed by atoms with E-state index in [1.807, 2.05) is 19.9 Å². The van der Waals surface area contributed by atoms with Crippen LogP contribution in [0, 0.1) is 19.7 Å². The molecule has 1 amide bonds. The Kier molecular flexibility index (Phi) is 2.52. The lowest BCUT2D eigenvalue weighted by molar-refractivity contribution is -0.110. The van der Waals surface area contributed by atoms with Gasteiger partial charge in [0.05, 0.1) is 5.57 Å². The topological polar surface area (TPSA) is 44.9 Å². The fraction of sp³-hybridized carbons (Fsp3) is 0.133. The Hall–Kier alpha value is -2.36. The maximum atomic E-state index is 13.3. The van der Waals surface area contributed by atoms with E-state index in [0.29, 0.717) is 16.8 Å². The van der Waals surface area contributed by atoms with Crippen LogP contribution >= 0.6 is 0 Å². The number of aryl methyl sites for hydroxylation is 2. The van der Waals surface area contributed by atoms with Gasteiger partial charge in [0.2, 0.25) is 0 Å².